The van der Waals surface area contributed by atoms with Crippen molar-refractivity contribution in [1.29, 1.82) is 0 Å². The molecule has 0 aliphatic heterocycles. The van der Waals surface area contributed by atoms with Gasteiger partial charge in [-0.1, -0.05) is 19.4 Å². The van der Waals surface area contributed by atoms with Crippen molar-refractivity contribution >= 4 is 43.7 Å². The third kappa shape index (κ3) is 5.78. The first-order chi connectivity index (χ1) is 18.6. The van der Waals surface area contributed by atoms with Crippen LogP contribution in [-0.4, -0.2) is 52.3 Å². The summed E-state index contributed by atoms with van der Waals surface area (Å²) in [5, 5.41) is 27.5. The van der Waals surface area contributed by atoms with Crippen LogP contribution in [0.2, 0.25) is 0 Å². The van der Waals surface area contributed by atoms with E-state index in [1.165, 1.54) is 0 Å². The molecule has 6 rings (SSSR count). The van der Waals surface area contributed by atoms with Gasteiger partial charge in [-0.3, -0.25) is 0 Å². The van der Waals surface area contributed by atoms with Crippen LogP contribution in [0.25, 0.3) is 22.5 Å². The minimum atomic E-state index is -1.32. The van der Waals surface area contributed by atoms with E-state index in [2.05, 4.69) is 75.1 Å². The molecular formula is C27H31FN6O2S3. The Bertz CT molecular complexity index is 1360. The van der Waals surface area contributed by atoms with E-state index in [4.69, 9.17) is 4.74 Å². The summed E-state index contributed by atoms with van der Waals surface area (Å²) in [5.74, 6) is 1.20. The molecule has 8 nitrogen and oxygen atoms in total. The Morgan fingerprint density at radius 2 is 1.87 bits per heavy atom. The number of rotatable bonds is 7. The summed E-state index contributed by atoms with van der Waals surface area (Å²) >= 11 is 12.3. The van der Waals surface area contributed by atoms with Gasteiger partial charge in [-0.15, -0.1) is 53.2 Å². The van der Waals surface area contributed by atoms with Crippen molar-refractivity contribution in [3.05, 3.63) is 36.7 Å². The van der Waals surface area contributed by atoms with Gasteiger partial charge in [-0.25, -0.2) is 9.37 Å². The predicted molar refractivity (Wildman–Crippen MR) is 157 cm³/mol. The Kier molecular flexibility index (Phi) is 7.08. The van der Waals surface area contributed by atoms with Gasteiger partial charge in [0.1, 0.15) is 11.9 Å². The normalized spacial score (nSPS) is 26.7. The van der Waals surface area contributed by atoms with Crippen LogP contribution in [0.4, 0.5) is 10.2 Å². The Labute approximate surface area is 243 Å². The monoisotopic (exact) mass is 586 g/mol. The number of phenolic OH excluding ortho intramolecular Hbond substituents is 1. The molecule has 0 spiro atoms. The maximum Gasteiger partial charge on any atom is 0.243 e. The average Bonchev–Trinajstić information content (AvgIpc) is 3.72. The number of aromatic hydroxyl groups is 1. The third-order valence-corrected chi connectivity index (χ3v) is 8.46. The highest BCUT2D eigenvalue weighted by molar-refractivity contribution is 8.16. The highest BCUT2D eigenvalue weighted by atomic mass is 32.2. The zero-order valence-corrected chi connectivity index (χ0v) is 24.2. The number of hydrogen-bond acceptors (Lipinski definition) is 11. The maximum atomic E-state index is 15.7. The molecule has 1 N–H and O–H groups in total. The van der Waals surface area contributed by atoms with Gasteiger partial charge in [0, 0.05) is 17.7 Å². The second-order valence-corrected chi connectivity index (χ2v) is 14.3. The molecule has 3 aromatic rings. The molecule has 2 bridgehead atoms. The standard InChI is InChI=1S/C27H31FN6O2S3/c1-26-8-2-3-16(11-26)24(28)20(12-26)34(18-5-6-18)22-14-29-25(33-31-22)19-7-4-15(9-21(19)35)17-10-23(32-30-13-17)36-27(37,38)39/h4,7,9-10,13-14,16,18,20,24,35,37-39H,2-3,5-6,8,11-12H2,1H3/t16-,20-,24+,26+/m0/s1. The Morgan fingerprint density at radius 1 is 1.05 bits per heavy atom. The minimum absolute atomic E-state index is 0.0100. The number of nitrogens with zero attached hydrogens (tertiary/aromatic N) is 6. The highest BCUT2D eigenvalue weighted by Crippen LogP contribution is 2.52. The van der Waals surface area contributed by atoms with Crippen molar-refractivity contribution in [2.75, 3.05) is 4.90 Å². The van der Waals surface area contributed by atoms with E-state index < -0.39 is 9.77 Å². The number of anilines is 1. The van der Waals surface area contributed by atoms with Crippen LogP contribution in [0.15, 0.2) is 36.7 Å². The molecule has 3 fully saturated rings. The second kappa shape index (κ2) is 10.3. The molecule has 12 heteroatoms. The van der Waals surface area contributed by atoms with E-state index in [9.17, 15) is 5.11 Å². The lowest BCUT2D eigenvalue weighted by Gasteiger charge is -2.51. The summed E-state index contributed by atoms with van der Waals surface area (Å²) in [6.07, 6.45) is 9.47. The first-order valence-corrected chi connectivity index (χ1v) is 14.6. The lowest BCUT2D eigenvalue weighted by molar-refractivity contribution is 0.00942. The van der Waals surface area contributed by atoms with E-state index in [0.29, 0.717) is 28.3 Å². The number of ether oxygens (including phenoxy) is 1. The smallest absolute Gasteiger partial charge is 0.243 e. The van der Waals surface area contributed by atoms with E-state index in [0.717, 1.165) is 44.9 Å². The largest absolute Gasteiger partial charge is 0.507 e. The SMILES string of the molecule is C[C@@]12CCC[C@@H](C1)[C@@H](F)[C@@H](N(c1cnc(-c3ccc(-c4cnnc(OC(S)(S)S)c4)cc3O)nn1)C1CC1)C2. The molecule has 3 aliphatic carbocycles. The first kappa shape index (κ1) is 26.9. The van der Waals surface area contributed by atoms with Crippen LogP contribution < -0.4 is 9.64 Å². The molecule has 0 radical (unpaired) electrons. The van der Waals surface area contributed by atoms with Crippen LogP contribution in [-0.2, 0) is 0 Å². The molecule has 3 saturated carbocycles. The molecule has 2 aromatic heterocycles. The Hall–Kier alpha value is -2.31. The predicted octanol–water partition coefficient (Wildman–Crippen LogP) is 5.76. The molecule has 1 aromatic carbocycles. The quantitative estimate of drug-likeness (QED) is 0.205. The summed E-state index contributed by atoms with van der Waals surface area (Å²) in [6, 6.07) is 6.86. The minimum Gasteiger partial charge on any atom is -0.507 e. The number of phenols is 1. The van der Waals surface area contributed by atoms with Gasteiger partial charge in [0.05, 0.1) is 24.0 Å². The van der Waals surface area contributed by atoms with Gasteiger partial charge in [0.2, 0.25) is 9.48 Å². The number of hydrogen-bond donors (Lipinski definition) is 4. The average molecular weight is 587 g/mol. The number of fused-ring (bicyclic) bond motifs is 2. The molecule has 2 heterocycles. The zero-order valence-electron chi connectivity index (χ0n) is 21.5. The zero-order chi connectivity index (χ0) is 27.4. The molecule has 0 unspecified atom stereocenters. The van der Waals surface area contributed by atoms with Gasteiger partial charge in [0.25, 0.3) is 0 Å². The third-order valence-electron chi connectivity index (χ3n) is 8.19. The lowest BCUT2D eigenvalue weighted by Crippen LogP contribution is -2.54. The number of aromatic nitrogens is 5. The van der Waals surface area contributed by atoms with Crippen molar-refractivity contribution in [2.45, 2.75) is 73.7 Å². The fourth-order valence-electron chi connectivity index (χ4n) is 6.36. The van der Waals surface area contributed by atoms with E-state index in [-0.39, 0.29) is 35.0 Å². The van der Waals surface area contributed by atoms with Gasteiger partial charge in [-0.05, 0) is 67.6 Å². The lowest BCUT2D eigenvalue weighted by atomic mass is 9.60. The van der Waals surface area contributed by atoms with Gasteiger partial charge >= 0.3 is 0 Å². The number of halogens is 1. The summed E-state index contributed by atoms with van der Waals surface area (Å²) < 4.78 is 19.8. The Balaban J connectivity index is 1.24. The summed E-state index contributed by atoms with van der Waals surface area (Å²) in [7, 11) is 0. The van der Waals surface area contributed by atoms with E-state index in [1.807, 2.05) is 6.07 Å². The Morgan fingerprint density at radius 3 is 2.56 bits per heavy atom. The van der Waals surface area contributed by atoms with Crippen molar-refractivity contribution in [3.63, 3.8) is 0 Å². The molecule has 0 saturated heterocycles. The van der Waals surface area contributed by atoms with E-state index >= 15 is 4.39 Å². The van der Waals surface area contributed by atoms with Crippen molar-refractivity contribution in [1.82, 2.24) is 25.4 Å². The summed E-state index contributed by atoms with van der Waals surface area (Å²) in [5.41, 5.74) is 1.98. The van der Waals surface area contributed by atoms with Crippen LogP contribution in [0, 0.1) is 11.3 Å². The topological polar surface area (TPSA) is 97.2 Å². The van der Waals surface area contributed by atoms with Crippen molar-refractivity contribution in [3.8, 4) is 34.1 Å². The van der Waals surface area contributed by atoms with E-state index in [1.54, 1.807) is 30.6 Å². The number of thiol groups is 3. The van der Waals surface area contributed by atoms with Crippen LogP contribution in [0.3, 0.4) is 0 Å². The van der Waals surface area contributed by atoms with Gasteiger partial charge in [-0.2, -0.15) is 5.10 Å². The fourth-order valence-corrected chi connectivity index (χ4v) is 6.64. The van der Waals surface area contributed by atoms with Crippen LogP contribution >= 0.6 is 37.9 Å². The number of alkyl halides is 1. The number of benzene rings is 1. The van der Waals surface area contributed by atoms with Crippen LogP contribution in [0.1, 0.15) is 51.9 Å². The molecule has 3 aliphatic rings. The maximum absolute atomic E-state index is 15.7. The fraction of sp³-hybridized carbons (Fsp3) is 0.519. The molecule has 4 atom stereocenters. The first-order valence-electron chi connectivity index (χ1n) is 13.2. The summed E-state index contributed by atoms with van der Waals surface area (Å²) in [6.45, 7) is 2.31. The molecule has 39 heavy (non-hydrogen) atoms. The highest BCUT2D eigenvalue weighted by Gasteiger charge is 2.50. The van der Waals surface area contributed by atoms with Gasteiger partial charge < -0.3 is 14.7 Å². The second-order valence-electron chi connectivity index (χ2n) is 11.4. The molecule has 0 amide bonds. The van der Waals surface area contributed by atoms with Crippen molar-refractivity contribution in [2.24, 2.45) is 11.3 Å². The van der Waals surface area contributed by atoms with Crippen molar-refractivity contribution < 1.29 is 14.2 Å². The molecule has 206 valence electrons. The molecular weight excluding hydrogens is 556 g/mol. The summed E-state index contributed by atoms with van der Waals surface area (Å²) in [4.78, 5) is 6.69. The van der Waals surface area contributed by atoms with Gasteiger partial charge in [0.15, 0.2) is 11.6 Å². The van der Waals surface area contributed by atoms with Crippen LogP contribution in [0.5, 0.6) is 11.6 Å².